The van der Waals surface area contributed by atoms with Crippen molar-refractivity contribution in [2.24, 2.45) is 7.05 Å². The van der Waals surface area contributed by atoms with Gasteiger partial charge in [0.25, 0.3) is 5.91 Å². The van der Waals surface area contributed by atoms with Crippen LogP contribution in [0.4, 0.5) is 5.82 Å². The van der Waals surface area contributed by atoms with Gasteiger partial charge in [-0.15, -0.1) is 0 Å². The smallest absolute Gasteiger partial charge is 0.254 e. The number of aryl methyl sites for hydroxylation is 1. The number of carbonyl (C=O) groups excluding carboxylic acids is 1. The maximum atomic E-state index is 12.0. The van der Waals surface area contributed by atoms with Crippen LogP contribution < -0.4 is 10.2 Å². The third-order valence-electron chi connectivity index (χ3n) is 4.22. The van der Waals surface area contributed by atoms with E-state index >= 15 is 0 Å². The van der Waals surface area contributed by atoms with Gasteiger partial charge < -0.3 is 14.8 Å². The Kier molecular flexibility index (Phi) is 4.57. The summed E-state index contributed by atoms with van der Waals surface area (Å²) in [5.41, 5.74) is 0.632. The molecule has 7 heteroatoms. The van der Waals surface area contributed by atoms with Crippen molar-refractivity contribution >= 4 is 11.7 Å². The number of imidazole rings is 1. The van der Waals surface area contributed by atoms with Crippen LogP contribution in [0.5, 0.6) is 0 Å². The van der Waals surface area contributed by atoms with E-state index < -0.39 is 0 Å². The van der Waals surface area contributed by atoms with E-state index in [0.29, 0.717) is 5.56 Å². The molecule has 122 valence electrons. The van der Waals surface area contributed by atoms with Gasteiger partial charge in [-0.25, -0.2) is 9.97 Å². The lowest BCUT2D eigenvalue weighted by Crippen LogP contribution is -2.47. The molecule has 1 aliphatic rings. The Balaban J connectivity index is 1.65. The van der Waals surface area contributed by atoms with Gasteiger partial charge in [0.2, 0.25) is 0 Å². The number of piperazine rings is 1. The fourth-order valence-corrected chi connectivity index (χ4v) is 2.83. The average molecular weight is 314 g/mol. The largest absolute Gasteiger partial charge is 0.355 e. The van der Waals surface area contributed by atoms with Crippen molar-refractivity contribution in [1.82, 2.24) is 24.8 Å². The van der Waals surface area contributed by atoms with Crippen LogP contribution >= 0.6 is 0 Å². The van der Waals surface area contributed by atoms with Crippen molar-refractivity contribution in [1.29, 1.82) is 0 Å². The number of nitrogens with zero attached hydrogens (tertiary/aromatic N) is 5. The highest BCUT2D eigenvalue weighted by Gasteiger charge is 2.22. The molecule has 0 saturated carbocycles. The quantitative estimate of drug-likeness (QED) is 0.890. The van der Waals surface area contributed by atoms with Crippen LogP contribution in [0, 0.1) is 0 Å². The number of carbonyl (C=O) groups is 1. The Labute approximate surface area is 135 Å². The second-order valence-corrected chi connectivity index (χ2v) is 5.67. The van der Waals surface area contributed by atoms with Crippen molar-refractivity contribution in [3.8, 4) is 0 Å². The molecule has 1 amide bonds. The molecule has 1 aliphatic heterocycles. The minimum atomic E-state index is -0.0939. The Morgan fingerprint density at radius 1 is 1.22 bits per heavy atom. The lowest BCUT2D eigenvalue weighted by Gasteiger charge is -2.35. The number of rotatable bonds is 4. The first kappa shape index (κ1) is 15.5. The Bertz CT molecular complexity index is 675. The molecule has 0 atom stereocenters. The molecular weight excluding hydrogens is 292 g/mol. The lowest BCUT2D eigenvalue weighted by molar-refractivity contribution is 0.0963. The molecule has 2 aromatic heterocycles. The van der Waals surface area contributed by atoms with E-state index in [0.717, 1.165) is 44.4 Å². The predicted molar refractivity (Wildman–Crippen MR) is 88.3 cm³/mol. The minimum absolute atomic E-state index is 0.0939. The zero-order chi connectivity index (χ0) is 16.2. The first-order chi connectivity index (χ1) is 11.2. The van der Waals surface area contributed by atoms with Crippen molar-refractivity contribution in [2.75, 3.05) is 38.1 Å². The van der Waals surface area contributed by atoms with Gasteiger partial charge in [0.05, 0.1) is 12.1 Å². The summed E-state index contributed by atoms with van der Waals surface area (Å²) in [5.74, 6) is 1.74. The number of hydrogen-bond acceptors (Lipinski definition) is 5. The second kappa shape index (κ2) is 6.78. The van der Waals surface area contributed by atoms with E-state index in [4.69, 9.17) is 0 Å². The van der Waals surface area contributed by atoms with Crippen molar-refractivity contribution in [3.63, 3.8) is 0 Å². The monoisotopic (exact) mass is 314 g/mol. The zero-order valence-electron chi connectivity index (χ0n) is 13.6. The summed E-state index contributed by atoms with van der Waals surface area (Å²) < 4.78 is 2.05. The summed E-state index contributed by atoms with van der Waals surface area (Å²) in [7, 11) is 3.66. The summed E-state index contributed by atoms with van der Waals surface area (Å²) in [6, 6.07) is 3.62. The van der Waals surface area contributed by atoms with Crippen LogP contribution in [0.1, 0.15) is 16.2 Å². The second-order valence-electron chi connectivity index (χ2n) is 5.67. The van der Waals surface area contributed by atoms with E-state index in [1.807, 2.05) is 25.5 Å². The van der Waals surface area contributed by atoms with Crippen molar-refractivity contribution in [3.05, 3.63) is 42.1 Å². The van der Waals surface area contributed by atoms with Gasteiger partial charge >= 0.3 is 0 Å². The Morgan fingerprint density at radius 2 is 2.00 bits per heavy atom. The van der Waals surface area contributed by atoms with Gasteiger partial charge in [-0.2, -0.15) is 0 Å². The van der Waals surface area contributed by atoms with Crippen LogP contribution in [0.25, 0.3) is 0 Å². The van der Waals surface area contributed by atoms with E-state index in [1.54, 1.807) is 19.3 Å². The highest BCUT2D eigenvalue weighted by Crippen LogP contribution is 2.19. The van der Waals surface area contributed by atoms with E-state index in [1.165, 1.54) is 0 Å². The molecule has 0 radical (unpaired) electrons. The van der Waals surface area contributed by atoms with Crippen LogP contribution in [0.15, 0.2) is 30.7 Å². The number of hydrogen-bond donors (Lipinski definition) is 1. The van der Waals surface area contributed by atoms with E-state index in [2.05, 4.69) is 29.7 Å². The molecule has 0 aliphatic carbocycles. The Morgan fingerprint density at radius 3 is 2.65 bits per heavy atom. The molecular formula is C16H22N6O. The van der Waals surface area contributed by atoms with Crippen LogP contribution in [0.2, 0.25) is 0 Å². The molecule has 2 aromatic rings. The number of anilines is 1. The maximum Gasteiger partial charge on any atom is 0.254 e. The molecule has 3 rings (SSSR count). The van der Waals surface area contributed by atoms with Gasteiger partial charge in [-0.3, -0.25) is 9.69 Å². The van der Waals surface area contributed by atoms with Crippen molar-refractivity contribution < 1.29 is 4.79 Å². The number of aromatic nitrogens is 3. The number of pyridine rings is 1. The fraction of sp³-hybridized carbons (Fsp3) is 0.438. The molecule has 7 nitrogen and oxygen atoms in total. The van der Waals surface area contributed by atoms with E-state index in [9.17, 15) is 4.79 Å². The molecule has 23 heavy (non-hydrogen) atoms. The van der Waals surface area contributed by atoms with Gasteiger partial charge in [0.15, 0.2) is 0 Å². The summed E-state index contributed by atoms with van der Waals surface area (Å²) >= 11 is 0. The molecule has 0 unspecified atom stereocenters. The first-order valence-corrected chi connectivity index (χ1v) is 7.79. The molecule has 1 fully saturated rings. The third-order valence-corrected chi connectivity index (χ3v) is 4.22. The highest BCUT2D eigenvalue weighted by atomic mass is 16.1. The first-order valence-electron chi connectivity index (χ1n) is 7.79. The lowest BCUT2D eigenvalue weighted by atomic mass is 10.2. The summed E-state index contributed by atoms with van der Waals surface area (Å²) in [4.78, 5) is 25.3. The normalized spacial score (nSPS) is 15.7. The van der Waals surface area contributed by atoms with Gasteiger partial charge in [0, 0.05) is 58.9 Å². The molecule has 0 aromatic carbocycles. The van der Waals surface area contributed by atoms with Gasteiger partial charge in [0.1, 0.15) is 11.6 Å². The van der Waals surface area contributed by atoms with Crippen LogP contribution in [-0.4, -0.2) is 58.6 Å². The predicted octanol–water partition coefficient (Wildman–Crippen LogP) is 0.497. The zero-order valence-corrected chi connectivity index (χ0v) is 13.6. The summed E-state index contributed by atoms with van der Waals surface area (Å²) in [6.07, 6.45) is 5.53. The maximum absolute atomic E-state index is 12.0. The number of amides is 1. The highest BCUT2D eigenvalue weighted by molar-refractivity contribution is 5.98. The molecule has 1 N–H and O–H groups in total. The summed E-state index contributed by atoms with van der Waals surface area (Å²) in [6.45, 7) is 4.41. The molecule has 1 saturated heterocycles. The fourth-order valence-electron chi connectivity index (χ4n) is 2.83. The SMILES string of the molecule is CNC(=O)c1cccnc1N1CCN(Cc2nccn2C)CC1. The standard InChI is InChI=1S/C16H22N6O/c1-17-16(23)13-4-3-5-19-15(13)22-10-8-21(9-11-22)12-14-18-6-7-20(14)2/h3-7H,8-12H2,1-2H3,(H,17,23). The van der Waals surface area contributed by atoms with Crippen LogP contribution in [-0.2, 0) is 13.6 Å². The number of nitrogens with one attached hydrogen (secondary N) is 1. The average Bonchev–Trinajstić information content (AvgIpc) is 3.00. The van der Waals surface area contributed by atoms with Crippen LogP contribution in [0.3, 0.4) is 0 Å². The van der Waals surface area contributed by atoms with Gasteiger partial charge in [-0.1, -0.05) is 0 Å². The third kappa shape index (κ3) is 3.34. The summed E-state index contributed by atoms with van der Waals surface area (Å²) in [5, 5.41) is 2.68. The Hall–Kier alpha value is -2.41. The van der Waals surface area contributed by atoms with Crippen molar-refractivity contribution in [2.45, 2.75) is 6.54 Å². The van der Waals surface area contributed by atoms with E-state index in [-0.39, 0.29) is 5.91 Å². The minimum Gasteiger partial charge on any atom is -0.355 e. The molecule has 0 bridgehead atoms. The molecule has 3 heterocycles. The molecule has 0 spiro atoms. The topological polar surface area (TPSA) is 66.3 Å². The van der Waals surface area contributed by atoms with Gasteiger partial charge in [-0.05, 0) is 12.1 Å².